The summed E-state index contributed by atoms with van der Waals surface area (Å²) in [5.41, 5.74) is 4.05. The lowest BCUT2D eigenvalue weighted by Gasteiger charge is -2.22. The largest absolute Gasteiger partial charge is 0.395 e. The SMILES string of the molecule is O=C(CCCC1=Cc2ccccc2C1)C1SCN[C@@H]1C(=O)C1SCN[C@@H]1CO. The van der Waals surface area contributed by atoms with Gasteiger partial charge in [0.1, 0.15) is 5.78 Å². The molecule has 1 aliphatic carbocycles. The average Bonchev–Trinajstić information content (AvgIpc) is 3.45. The molecule has 2 heterocycles. The van der Waals surface area contributed by atoms with E-state index in [4.69, 9.17) is 0 Å². The Hall–Kier alpha value is -1.12. The molecule has 7 heteroatoms. The monoisotopic (exact) mass is 418 g/mol. The van der Waals surface area contributed by atoms with Crippen LogP contribution in [-0.2, 0) is 16.0 Å². The van der Waals surface area contributed by atoms with Crippen molar-refractivity contribution >= 4 is 41.2 Å². The van der Waals surface area contributed by atoms with Crippen molar-refractivity contribution in [1.29, 1.82) is 0 Å². The molecule has 3 aliphatic rings. The highest BCUT2D eigenvalue weighted by atomic mass is 32.2. The molecule has 2 fully saturated rings. The van der Waals surface area contributed by atoms with Crippen molar-refractivity contribution in [2.24, 2.45) is 0 Å². The van der Waals surface area contributed by atoms with Gasteiger partial charge in [-0.3, -0.25) is 14.9 Å². The molecule has 2 unspecified atom stereocenters. The van der Waals surface area contributed by atoms with Crippen LogP contribution in [0, 0.1) is 0 Å². The molecule has 0 spiro atoms. The van der Waals surface area contributed by atoms with Gasteiger partial charge in [-0.25, -0.2) is 0 Å². The summed E-state index contributed by atoms with van der Waals surface area (Å²) in [6.07, 6.45) is 5.50. The first-order valence-corrected chi connectivity index (χ1v) is 11.9. The van der Waals surface area contributed by atoms with Crippen LogP contribution in [0.1, 0.15) is 30.4 Å². The predicted octanol–water partition coefficient (Wildman–Crippen LogP) is 1.99. The first-order chi connectivity index (χ1) is 13.7. The standard InChI is InChI=1S/C21H26N2O3S2/c24-10-16-20(27-11-22-16)19(26)18-21(28-12-23-18)17(25)7-3-4-13-8-14-5-1-2-6-15(14)9-13/h1-2,5-6,8,16,18,20-24H,3-4,7,9-12H2/t16-,18-,20?,21?/m1/s1. The van der Waals surface area contributed by atoms with Crippen LogP contribution in [0.15, 0.2) is 29.8 Å². The van der Waals surface area contributed by atoms with E-state index in [0.717, 1.165) is 19.3 Å². The van der Waals surface area contributed by atoms with Gasteiger partial charge < -0.3 is 10.4 Å². The molecular formula is C21H26N2O3S2. The lowest BCUT2D eigenvalue weighted by atomic mass is 9.96. The Morgan fingerprint density at radius 3 is 2.71 bits per heavy atom. The fourth-order valence-corrected chi connectivity index (χ4v) is 6.59. The quantitative estimate of drug-likeness (QED) is 0.596. The maximum Gasteiger partial charge on any atom is 0.165 e. The van der Waals surface area contributed by atoms with E-state index in [1.54, 1.807) is 0 Å². The number of Topliss-reactive ketones (excluding diaryl/α,β-unsaturated/α-hetero) is 2. The van der Waals surface area contributed by atoms with E-state index in [-0.39, 0.29) is 34.7 Å². The summed E-state index contributed by atoms with van der Waals surface area (Å²) < 4.78 is 0. The summed E-state index contributed by atoms with van der Waals surface area (Å²) in [5.74, 6) is 1.51. The van der Waals surface area contributed by atoms with Crippen LogP contribution in [0.4, 0.5) is 0 Å². The van der Waals surface area contributed by atoms with Crippen LogP contribution in [0.2, 0.25) is 0 Å². The lowest BCUT2D eigenvalue weighted by molar-refractivity contribution is -0.125. The van der Waals surface area contributed by atoms with Crippen LogP contribution in [0.25, 0.3) is 6.08 Å². The minimum Gasteiger partial charge on any atom is -0.395 e. The third-order valence-corrected chi connectivity index (χ3v) is 8.18. The fraction of sp³-hybridized carbons (Fsp3) is 0.524. The van der Waals surface area contributed by atoms with Crippen LogP contribution in [-0.4, -0.2) is 57.6 Å². The number of aliphatic hydroxyl groups excluding tert-OH is 1. The molecule has 0 radical (unpaired) electrons. The topological polar surface area (TPSA) is 78.4 Å². The number of rotatable bonds is 8. The molecule has 4 atom stereocenters. The van der Waals surface area contributed by atoms with Gasteiger partial charge in [-0.1, -0.05) is 35.9 Å². The molecule has 2 saturated heterocycles. The second-order valence-corrected chi connectivity index (χ2v) is 9.80. The number of carbonyl (C=O) groups excluding carboxylic acids is 2. The lowest BCUT2D eigenvalue weighted by Crippen LogP contribution is -2.50. The van der Waals surface area contributed by atoms with Gasteiger partial charge in [0, 0.05) is 24.2 Å². The average molecular weight is 419 g/mol. The van der Waals surface area contributed by atoms with E-state index in [9.17, 15) is 14.7 Å². The van der Waals surface area contributed by atoms with Crippen molar-refractivity contribution in [3.05, 3.63) is 41.0 Å². The highest BCUT2D eigenvalue weighted by molar-refractivity contribution is 8.01. The van der Waals surface area contributed by atoms with Crippen LogP contribution in [0.3, 0.4) is 0 Å². The van der Waals surface area contributed by atoms with E-state index in [1.807, 2.05) is 0 Å². The Morgan fingerprint density at radius 2 is 1.89 bits per heavy atom. The molecule has 1 aromatic carbocycles. The summed E-state index contributed by atoms with van der Waals surface area (Å²) in [6, 6.07) is 7.79. The Morgan fingerprint density at radius 1 is 1.11 bits per heavy atom. The van der Waals surface area contributed by atoms with Gasteiger partial charge in [0.05, 0.1) is 23.1 Å². The number of ketones is 2. The zero-order valence-corrected chi connectivity index (χ0v) is 17.4. The summed E-state index contributed by atoms with van der Waals surface area (Å²) in [7, 11) is 0. The molecule has 150 valence electrons. The van der Waals surface area contributed by atoms with Crippen LogP contribution in [0.5, 0.6) is 0 Å². The zero-order valence-electron chi connectivity index (χ0n) is 15.7. The second kappa shape index (κ2) is 9.13. The highest BCUT2D eigenvalue weighted by Crippen LogP contribution is 2.31. The van der Waals surface area contributed by atoms with E-state index in [1.165, 1.54) is 40.2 Å². The number of carbonyl (C=O) groups is 2. The second-order valence-electron chi connectivity index (χ2n) is 7.54. The molecule has 0 amide bonds. The molecule has 3 N–H and O–H groups in total. The van der Waals surface area contributed by atoms with Gasteiger partial charge in [-0.2, -0.15) is 0 Å². The van der Waals surface area contributed by atoms with Gasteiger partial charge in [-0.05, 0) is 30.4 Å². The van der Waals surface area contributed by atoms with E-state index in [0.29, 0.717) is 18.2 Å². The van der Waals surface area contributed by atoms with Gasteiger partial charge in [0.2, 0.25) is 0 Å². The molecule has 2 aliphatic heterocycles. The number of allylic oxidation sites excluding steroid dienone is 1. The molecule has 5 nitrogen and oxygen atoms in total. The van der Waals surface area contributed by atoms with Gasteiger partial charge in [0.15, 0.2) is 5.78 Å². The van der Waals surface area contributed by atoms with Gasteiger partial charge in [-0.15, -0.1) is 23.5 Å². The summed E-state index contributed by atoms with van der Waals surface area (Å²) in [4.78, 5) is 25.7. The zero-order chi connectivity index (χ0) is 19.5. The molecule has 0 aromatic heterocycles. The van der Waals surface area contributed by atoms with Crippen molar-refractivity contribution in [1.82, 2.24) is 10.6 Å². The molecule has 28 heavy (non-hydrogen) atoms. The molecule has 4 rings (SSSR count). The van der Waals surface area contributed by atoms with Gasteiger partial charge >= 0.3 is 0 Å². The van der Waals surface area contributed by atoms with Crippen molar-refractivity contribution < 1.29 is 14.7 Å². The van der Waals surface area contributed by atoms with Crippen molar-refractivity contribution in [2.45, 2.75) is 48.3 Å². The number of benzene rings is 1. The summed E-state index contributed by atoms with van der Waals surface area (Å²) in [6.45, 7) is -0.0562. The minimum atomic E-state index is -0.432. The Bertz CT molecular complexity index is 783. The number of hydrogen-bond donors (Lipinski definition) is 3. The molecular weight excluding hydrogens is 392 g/mol. The number of fused-ring (bicyclic) bond motifs is 1. The summed E-state index contributed by atoms with van der Waals surface area (Å²) >= 11 is 3.06. The molecule has 1 aromatic rings. The van der Waals surface area contributed by atoms with Gasteiger partial charge in [0.25, 0.3) is 0 Å². The van der Waals surface area contributed by atoms with Crippen LogP contribution >= 0.6 is 23.5 Å². The molecule has 0 saturated carbocycles. The number of hydrogen-bond acceptors (Lipinski definition) is 7. The normalized spacial score (nSPS) is 29.0. The first kappa shape index (κ1) is 20.2. The number of thioether (sulfide) groups is 2. The van der Waals surface area contributed by atoms with E-state index < -0.39 is 6.04 Å². The predicted molar refractivity (Wildman–Crippen MR) is 115 cm³/mol. The first-order valence-electron chi connectivity index (χ1n) is 9.82. The van der Waals surface area contributed by atoms with E-state index >= 15 is 0 Å². The molecule has 0 bridgehead atoms. The maximum atomic E-state index is 12.9. The Balaban J connectivity index is 1.29. The van der Waals surface area contributed by atoms with E-state index in [2.05, 4.69) is 41.0 Å². The number of nitrogens with one attached hydrogen (secondary N) is 2. The summed E-state index contributed by atoms with van der Waals surface area (Å²) in [5, 5.41) is 15.2. The maximum absolute atomic E-state index is 12.9. The van der Waals surface area contributed by atoms with Crippen molar-refractivity contribution in [3.63, 3.8) is 0 Å². The number of aliphatic hydroxyl groups is 1. The smallest absolute Gasteiger partial charge is 0.165 e. The third kappa shape index (κ3) is 4.24. The Labute approximate surface area is 174 Å². The Kier molecular flexibility index (Phi) is 6.58. The van der Waals surface area contributed by atoms with Crippen LogP contribution < -0.4 is 10.6 Å². The fourth-order valence-electron chi connectivity index (χ4n) is 4.19. The van der Waals surface area contributed by atoms with Crippen molar-refractivity contribution in [2.75, 3.05) is 18.4 Å². The third-order valence-electron chi connectivity index (χ3n) is 5.70. The van der Waals surface area contributed by atoms with Crippen molar-refractivity contribution in [3.8, 4) is 0 Å². The highest BCUT2D eigenvalue weighted by Gasteiger charge is 2.44. The minimum absolute atomic E-state index is 0.0475.